The number of carboxylic acid groups (broad SMARTS) is 1. The predicted octanol–water partition coefficient (Wildman–Crippen LogP) is 13.6. The SMILES string of the molecule is C.C.CCCCCCC(=O)CCc1cccc2c1C(=O)N(C1CCC(=O)NC1=O)C2=O.Cc1sc2c(c1C)C(c1ccc(Cl)cc1)=N[C@@H](CC(=O)NCCCCCC(=O)CCc1cccc3c1C(=O)N(C1CCC(=O)NC1=O)C3=O)c1nnc(C)n1-2.Cc1sc2c(c1C)C(c1ccc(Cl)cc1)=N[C@@H](CC(=O)O)c1nnc(C)n1-2. The van der Waals surface area contributed by atoms with Crippen LogP contribution in [0.5, 0.6) is 0 Å². The van der Waals surface area contributed by atoms with Crippen molar-refractivity contribution in [3.8, 4) is 10.0 Å². The Labute approximate surface area is 672 Å². The quantitative estimate of drug-likeness (QED) is 0.0305. The number of thiophene rings is 2. The van der Waals surface area contributed by atoms with E-state index in [2.05, 4.69) is 71.0 Å². The highest BCUT2D eigenvalue weighted by Crippen LogP contribution is 2.43. The van der Waals surface area contributed by atoms with E-state index in [1.807, 2.05) is 71.5 Å². The number of piperidine rings is 2. The maximum absolute atomic E-state index is 13.4. The summed E-state index contributed by atoms with van der Waals surface area (Å²) in [5, 5.41) is 37.3. The number of carbonyl (C=O) groups excluding carboxylic acids is 11. The number of fused-ring (bicyclic) bond motifs is 8. The van der Waals surface area contributed by atoms with E-state index in [-0.39, 0.29) is 106 Å². The molecule has 26 nitrogen and oxygen atoms in total. The number of nitrogens with zero attached hydrogens (tertiary/aromatic N) is 10. The average Bonchev–Trinajstić information content (AvgIpc) is 1.63. The van der Waals surface area contributed by atoms with Gasteiger partial charge in [0.2, 0.25) is 29.5 Å². The smallest absolute Gasteiger partial charge is 0.306 e. The van der Waals surface area contributed by atoms with Crippen LogP contribution in [-0.2, 0) is 51.2 Å². The number of carbonyl (C=O) groups is 12. The molecule has 592 valence electrons. The molecular weight excluding hydrogens is 1520 g/mol. The molecule has 0 saturated carbocycles. The first-order valence-electron chi connectivity index (χ1n) is 37.1. The van der Waals surface area contributed by atoms with Crippen molar-refractivity contribution in [3.63, 3.8) is 0 Å². The highest BCUT2D eigenvalue weighted by atomic mass is 35.5. The van der Waals surface area contributed by atoms with Crippen LogP contribution in [0.25, 0.3) is 10.0 Å². The van der Waals surface area contributed by atoms with Crippen LogP contribution in [0.1, 0.15) is 262 Å². The minimum absolute atomic E-state index is 0. The van der Waals surface area contributed by atoms with Gasteiger partial charge in [-0.1, -0.05) is 119 Å². The topological polar surface area (TPSA) is 354 Å². The van der Waals surface area contributed by atoms with Gasteiger partial charge in [-0.15, -0.1) is 43.1 Å². The lowest BCUT2D eigenvalue weighted by molar-refractivity contribution is -0.138. The van der Waals surface area contributed by atoms with Crippen LogP contribution in [0.2, 0.25) is 10.0 Å². The van der Waals surface area contributed by atoms with E-state index < -0.39 is 77.4 Å². The molecule has 0 radical (unpaired) electrons. The van der Waals surface area contributed by atoms with Gasteiger partial charge >= 0.3 is 5.97 Å². The van der Waals surface area contributed by atoms with E-state index in [9.17, 15) is 62.6 Å². The molecule has 2 unspecified atom stereocenters. The molecule has 4 aromatic heterocycles. The molecular formula is C83H91Cl2N13O13S2. The van der Waals surface area contributed by atoms with E-state index >= 15 is 0 Å². The Bertz CT molecular complexity index is 5170. The number of benzene rings is 4. The first-order chi connectivity index (χ1) is 53.2. The molecule has 8 aromatic rings. The van der Waals surface area contributed by atoms with E-state index in [1.165, 1.54) is 4.88 Å². The number of aliphatic carboxylic acids is 1. The molecule has 9 amide bonds. The lowest BCUT2D eigenvalue weighted by Crippen LogP contribution is -2.54. The summed E-state index contributed by atoms with van der Waals surface area (Å²) in [7, 11) is 0. The molecule has 4 aromatic carbocycles. The van der Waals surface area contributed by atoms with Crippen molar-refractivity contribution >= 4 is 128 Å². The summed E-state index contributed by atoms with van der Waals surface area (Å²) < 4.78 is 3.96. The van der Waals surface area contributed by atoms with E-state index in [0.29, 0.717) is 77.9 Å². The number of amides is 9. The van der Waals surface area contributed by atoms with Gasteiger partial charge in [-0.05, 0) is 145 Å². The van der Waals surface area contributed by atoms with Crippen LogP contribution < -0.4 is 16.0 Å². The zero-order valence-electron chi connectivity index (χ0n) is 62.4. The summed E-state index contributed by atoms with van der Waals surface area (Å²) >= 11 is 15.6. The summed E-state index contributed by atoms with van der Waals surface area (Å²) in [5.41, 5.74) is 9.76. The zero-order valence-corrected chi connectivity index (χ0v) is 65.6. The Morgan fingerprint density at radius 1 is 0.513 bits per heavy atom. The van der Waals surface area contributed by atoms with Crippen LogP contribution in [0.15, 0.2) is 94.9 Å². The van der Waals surface area contributed by atoms with Crippen LogP contribution in [0, 0.1) is 41.5 Å². The maximum Gasteiger partial charge on any atom is 0.306 e. The minimum Gasteiger partial charge on any atom is -0.481 e. The molecule has 2 saturated heterocycles. The predicted molar refractivity (Wildman–Crippen MR) is 430 cm³/mol. The van der Waals surface area contributed by atoms with Crippen molar-refractivity contribution in [3.05, 3.63) is 195 Å². The van der Waals surface area contributed by atoms with Gasteiger partial charge in [0.15, 0.2) is 11.6 Å². The molecule has 30 heteroatoms. The first-order valence-corrected chi connectivity index (χ1v) is 39.5. The van der Waals surface area contributed by atoms with Crippen molar-refractivity contribution in [1.82, 2.24) is 55.3 Å². The Balaban J connectivity index is 0.000000196. The number of aliphatic imine (C=N–C) groups is 2. The molecule has 6 aliphatic rings. The number of unbranched alkanes of at least 4 members (excludes halogenated alkanes) is 5. The summed E-state index contributed by atoms with van der Waals surface area (Å²) in [6.45, 7) is 14.6. The molecule has 0 bridgehead atoms. The number of rotatable bonds is 25. The van der Waals surface area contributed by atoms with Gasteiger partial charge < -0.3 is 10.4 Å². The summed E-state index contributed by atoms with van der Waals surface area (Å²) in [4.78, 5) is 164. The number of aromatic nitrogens is 6. The first kappa shape index (κ1) is 84.8. The Kier molecular flexibility index (Phi) is 27.7. The molecule has 2 fully saturated rings. The van der Waals surface area contributed by atoms with Crippen molar-refractivity contribution in [1.29, 1.82) is 0 Å². The second-order valence-electron chi connectivity index (χ2n) is 28.2. The Morgan fingerprint density at radius 2 is 0.929 bits per heavy atom. The third-order valence-electron chi connectivity index (χ3n) is 20.7. The molecule has 4 N–H and O–H groups in total. The van der Waals surface area contributed by atoms with Crippen molar-refractivity contribution in [2.24, 2.45) is 9.98 Å². The lowest BCUT2D eigenvalue weighted by Gasteiger charge is -2.27. The van der Waals surface area contributed by atoms with Crippen LogP contribution in [-0.4, -0.2) is 145 Å². The molecule has 10 heterocycles. The van der Waals surface area contributed by atoms with Crippen LogP contribution in [0.3, 0.4) is 0 Å². The Morgan fingerprint density at radius 3 is 1.34 bits per heavy atom. The second kappa shape index (κ2) is 36.9. The van der Waals surface area contributed by atoms with E-state index in [4.69, 9.17) is 33.2 Å². The largest absolute Gasteiger partial charge is 0.481 e. The standard InChI is InChI=1S/C40H40ClN7O6S.C22H26N2O5.C19H17ClN4O2S.2CH4/c1-21-22(2)55-40-33(21)35(25-11-14-26(41)15-12-25)43-29(36-46-45-23(3)47(36)40)20-32(51)42-19-6-4-5-9-27(49)16-13-24-8-7-10-28-34(24)39(54)48(38(28)53)30-17-18-31(50)44-37(30)52;1-2-3-4-5-8-15(25)11-10-14-7-6-9-16-19(14)22(29)24(21(16)28)17-12-13-18(26)23-20(17)27;1-9-10(2)27-19-16(9)17(12-4-6-13(20)7-5-12)21-14(8-15(25)26)18-23-22-11(3)24(18)19;;/h7-8,10-12,14-15,29-30H,4-6,9,13,16-20H2,1-3H3,(H,42,51)(H,44,50,52);6-7,9,17H,2-5,8,10-13H2,1H3,(H,23,26,27);4-7,14H,8H2,1-3H3,(H,25,26);2*1H4/t29-,30?;;14-;;/m0.0../s1. The van der Waals surface area contributed by atoms with Crippen molar-refractivity contribution in [2.45, 2.75) is 209 Å². The maximum atomic E-state index is 13.4. The molecule has 14 rings (SSSR count). The fraction of sp³-hybridized carbons (Fsp3) is 0.398. The highest BCUT2D eigenvalue weighted by molar-refractivity contribution is 7.15. The zero-order chi connectivity index (χ0) is 79.2. The monoisotopic (exact) mass is 1610 g/mol. The number of halogens is 2. The summed E-state index contributed by atoms with van der Waals surface area (Å²) in [6.07, 6.45) is 8.54. The summed E-state index contributed by atoms with van der Waals surface area (Å²) in [6, 6.07) is 21.7. The number of nitrogens with one attached hydrogen (secondary N) is 3. The summed E-state index contributed by atoms with van der Waals surface area (Å²) in [5.74, 6) is -2.62. The van der Waals surface area contributed by atoms with Crippen molar-refractivity contribution < 1.29 is 62.6 Å². The molecule has 0 spiro atoms. The fourth-order valence-corrected chi connectivity index (χ4v) is 17.3. The third-order valence-corrected chi connectivity index (χ3v) is 23.6. The van der Waals surface area contributed by atoms with Gasteiger partial charge in [0.05, 0.1) is 46.5 Å². The number of ketones is 2. The van der Waals surface area contributed by atoms with E-state index in [1.54, 1.807) is 59.1 Å². The number of carboxylic acids is 1. The van der Waals surface area contributed by atoms with E-state index in [0.717, 1.165) is 113 Å². The second-order valence-corrected chi connectivity index (χ2v) is 31.5. The molecule has 0 aliphatic carbocycles. The van der Waals surface area contributed by atoms with Gasteiger partial charge in [0, 0.05) is 87.1 Å². The van der Waals surface area contributed by atoms with Crippen molar-refractivity contribution in [2.75, 3.05) is 6.54 Å². The van der Waals surface area contributed by atoms with Crippen LogP contribution in [0.4, 0.5) is 0 Å². The number of aryl methyl sites for hydroxylation is 6. The van der Waals surface area contributed by atoms with Crippen LogP contribution >= 0.6 is 45.9 Å². The normalized spacial score (nSPS) is 17.2. The number of Topliss-reactive ketones (excluding diaryl/α,β-unsaturated/α-hetero) is 2. The molecule has 6 aliphatic heterocycles. The third kappa shape index (κ3) is 18.2. The minimum atomic E-state index is -1.04. The molecule has 4 atom stereocenters. The Hall–Kier alpha value is -10.7. The highest BCUT2D eigenvalue weighted by Gasteiger charge is 2.48. The van der Waals surface area contributed by atoms with Gasteiger partial charge in [-0.25, -0.2) is 0 Å². The van der Waals surface area contributed by atoms with Gasteiger partial charge in [0.25, 0.3) is 23.6 Å². The number of hydrogen-bond acceptors (Lipinski definition) is 20. The van der Waals surface area contributed by atoms with Gasteiger partial charge in [-0.2, -0.15) is 0 Å². The lowest BCUT2D eigenvalue weighted by atomic mass is 9.97. The van der Waals surface area contributed by atoms with Gasteiger partial charge in [0.1, 0.15) is 57.4 Å². The number of imide groups is 4. The number of hydrogen-bond donors (Lipinski definition) is 4. The molecule has 113 heavy (non-hydrogen) atoms. The average molecular weight is 1610 g/mol. The van der Waals surface area contributed by atoms with Gasteiger partial charge in [-0.3, -0.25) is 97.1 Å². The fourth-order valence-electron chi connectivity index (χ4n) is 14.7.